The molecule has 0 radical (unpaired) electrons. The molecule has 1 aliphatic rings. The Morgan fingerprint density at radius 1 is 1.07 bits per heavy atom. The smallest absolute Gasteiger partial charge is 0.242 e. The minimum Gasteiger partial charge on any atom is -0.346 e. The van der Waals surface area contributed by atoms with E-state index in [2.05, 4.69) is 17.4 Å². The molecule has 142 valence electrons. The van der Waals surface area contributed by atoms with E-state index in [-0.39, 0.29) is 30.3 Å². The predicted molar refractivity (Wildman–Crippen MR) is 106 cm³/mol. The van der Waals surface area contributed by atoms with Gasteiger partial charge < -0.3 is 16.0 Å². The van der Waals surface area contributed by atoms with Crippen LogP contribution in [0.25, 0.3) is 0 Å². The summed E-state index contributed by atoms with van der Waals surface area (Å²) >= 11 is 0. The van der Waals surface area contributed by atoms with E-state index in [4.69, 9.17) is 5.73 Å². The number of amides is 2. The van der Waals surface area contributed by atoms with Gasteiger partial charge in [-0.1, -0.05) is 68.4 Å². The Hall–Kier alpha value is -2.66. The molecule has 0 bridgehead atoms. The van der Waals surface area contributed by atoms with Gasteiger partial charge in [0, 0.05) is 6.54 Å². The normalized spacial score (nSPS) is 17.3. The fraction of sp³-hybridized carbons (Fsp3) is 0.364. The molecule has 3 N–H and O–H groups in total. The maximum Gasteiger partial charge on any atom is 0.242 e. The van der Waals surface area contributed by atoms with Crippen LogP contribution in [0.4, 0.5) is 0 Å². The van der Waals surface area contributed by atoms with Crippen molar-refractivity contribution in [1.82, 2.24) is 10.2 Å². The summed E-state index contributed by atoms with van der Waals surface area (Å²) in [6.07, 6.45) is 0.769. The zero-order valence-electron chi connectivity index (χ0n) is 15.9. The maximum atomic E-state index is 13.0. The van der Waals surface area contributed by atoms with Gasteiger partial charge in [-0.15, -0.1) is 0 Å². The molecule has 0 aliphatic carbocycles. The van der Waals surface area contributed by atoms with Crippen molar-refractivity contribution in [2.24, 2.45) is 11.7 Å². The van der Waals surface area contributed by atoms with E-state index in [1.54, 1.807) is 0 Å². The molecule has 1 unspecified atom stereocenters. The Kier molecular flexibility index (Phi) is 5.91. The van der Waals surface area contributed by atoms with Crippen LogP contribution in [0.15, 0.2) is 54.6 Å². The number of nitrogens with two attached hydrogens (primary N) is 1. The number of carbonyl (C=O) groups is 2. The van der Waals surface area contributed by atoms with Gasteiger partial charge in [-0.05, 0) is 29.0 Å². The second-order valence-electron chi connectivity index (χ2n) is 7.41. The first-order valence-corrected chi connectivity index (χ1v) is 9.42. The van der Waals surface area contributed by atoms with Gasteiger partial charge >= 0.3 is 0 Å². The molecule has 2 atom stereocenters. The summed E-state index contributed by atoms with van der Waals surface area (Å²) < 4.78 is 0. The van der Waals surface area contributed by atoms with Crippen LogP contribution in [0.3, 0.4) is 0 Å². The Morgan fingerprint density at radius 3 is 2.37 bits per heavy atom. The maximum absolute atomic E-state index is 13.0. The molecule has 3 rings (SSSR count). The molecule has 1 heterocycles. The number of benzene rings is 2. The van der Waals surface area contributed by atoms with Crippen molar-refractivity contribution in [2.75, 3.05) is 6.54 Å². The minimum atomic E-state index is -0.607. The number of nitrogens with zero attached hydrogens (tertiary/aromatic N) is 1. The third kappa shape index (κ3) is 4.37. The second kappa shape index (κ2) is 8.35. The summed E-state index contributed by atoms with van der Waals surface area (Å²) in [5, 5.41) is 2.70. The lowest BCUT2D eigenvalue weighted by Crippen LogP contribution is -2.49. The van der Waals surface area contributed by atoms with Crippen molar-refractivity contribution in [3.8, 4) is 0 Å². The minimum absolute atomic E-state index is 0.0269. The van der Waals surface area contributed by atoms with Crippen LogP contribution < -0.4 is 11.1 Å². The molecule has 2 aromatic carbocycles. The highest BCUT2D eigenvalue weighted by molar-refractivity contribution is 5.87. The fourth-order valence-corrected chi connectivity index (χ4v) is 3.44. The van der Waals surface area contributed by atoms with Crippen molar-refractivity contribution in [1.29, 1.82) is 0 Å². The van der Waals surface area contributed by atoms with Gasteiger partial charge in [0.15, 0.2) is 0 Å². The molecule has 0 saturated carbocycles. The zero-order valence-corrected chi connectivity index (χ0v) is 15.9. The number of carbonyl (C=O) groups excluding carboxylic acids is 2. The molecule has 0 saturated heterocycles. The second-order valence-corrected chi connectivity index (χ2v) is 7.41. The quantitative estimate of drug-likeness (QED) is 0.854. The Balaban J connectivity index is 1.78. The van der Waals surface area contributed by atoms with Crippen LogP contribution in [0.2, 0.25) is 0 Å². The molecule has 0 fully saturated rings. The Bertz CT molecular complexity index is 804. The van der Waals surface area contributed by atoms with Crippen LogP contribution in [0, 0.1) is 5.92 Å². The average Bonchev–Trinajstić information content (AvgIpc) is 2.70. The highest BCUT2D eigenvalue weighted by Crippen LogP contribution is 2.33. The number of fused-ring (bicyclic) bond motifs is 1. The molecule has 27 heavy (non-hydrogen) atoms. The zero-order chi connectivity index (χ0) is 19.4. The standard InChI is InChI=1S/C22H27N3O2/c1-15(2)21(23)22(27)24-13-20(26)25-14-18-11-7-6-10-17(18)12-19(25)16-8-4-3-5-9-16/h3-11,15,19,21H,12-14,23H2,1-2H3,(H,24,27)/t19?,21-/m0/s1. The molecule has 1 aliphatic heterocycles. The highest BCUT2D eigenvalue weighted by atomic mass is 16.2. The van der Waals surface area contributed by atoms with E-state index < -0.39 is 6.04 Å². The molecule has 0 spiro atoms. The number of hydrogen-bond acceptors (Lipinski definition) is 3. The van der Waals surface area contributed by atoms with Crippen molar-refractivity contribution in [3.63, 3.8) is 0 Å². The van der Waals surface area contributed by atoms with E-state index in [0.717, 1.165) is 17.5 Å². The summed E-state index contributed by atoms with van der Waals surface area (Å²) in [4.78, 5) is 26.9. The molecule has 2 amide bonds. The van der Waals surface area contributed by atoms with Crippen molar-refractivity contribution >= 4 is 11.8 Å². The summed E-state index contributed by atoms with van der Waals surface area (Å²) in [5.74, 6) is -0.353. The van der Waals surface area contributed by atoms with Gasteiger partial charge in [-0.2, -0.15) is 0 Å². The van der Waals surface area contributed by atoms with Crippen molar-refractivity contribution in [3.05, 3.63) is 71.3 Å². The van der Waals surface area contributed by atoms with E-state index in [0.29, 0.717) is 6.54 Å². The van der Waals surface area contributed by atoms with Gasteiger partial charge in [-0.25, -0.2) is 0 Å². The summed E-state index contributed by atoms with van der Waals surface area (Å²) in [5.41, 5.74) is 9.39. The lowest BCUT2D eigenvalue weighted by Gasteiger charge is -2.37. The van der Waals surface area contributed by atoms with E-state index in [1.807, 2.05) is 61.2 Å². The lowest BCUT2D eigenvalue weighted by atomic mass is 9.90. The SMILES string of the molecule is CC(C)[C@H](N)C(=O)NCC(=O)N1Cc2ccccc2CC1c1ccccc1. The molecular weight excluding hydrogens is 338 g/mol. The first kappa shape index (κ1) is 19.1. The van der Waals surface area contributed by atoms with E-state index in [1.165, 1.54) is 5.56 Å². The Morgan fingerprint density at radius 2 is 1.70 bits per heavy atom. The monoisotopic (exact) mass is 365 g/mol. The van der Waals surface area contributed by atoms with Crippen LogP contribution in [0.1, 0.15) is 36.6 Å². The van der Waals surface area contributed by atoms with Gasteiger partial charge in [0.2, 0.25) is 11.8 Å². The van der Waals surface area contributed by atoms with Crippen molar-refractivity contribution < 1.29 is 9.59 Å². The van der Waals surface area contributed by atoms with Crippen LogP contribution in [-0.2, 0) is 22.6 Å². The topological polar surface area (TPSA) is 75.4 Å². The third-order valence-corrected chi connectivity index (χ3v) is 5.19. The van der Waals surface area contributed by atoms with Crippen LogP contribution in [0.5, 0.6) is 0 Å². The Labute approximate surface area is 160 Å². The largest absolute Gasteiger partial charge is 0.346 e. The molecule has 0 aromatic heterocycles. The number of nitrogens with one attached hydrogen (secondary N) is 1. The summed E-state index contributed by atoms with van der Waals surface area (Å²) in [7, 11) is 0. The average molecular weight is 365 g/mol. The molecule has 5 nitrogen and oxygen atoms in total. The van der Waals surface area contributed by atoms with E-state index >= 15 is 0 Å². The van der Waals surface area contributed by atoms with Crippen LogP contribution in [-0.4, -0.2) is 29.3 Å². The first-order valence-electron chi connectivity index (χ1n) is 9.42. The fourth-order valence-electron chi connectivity index (χ4n) is 3.44. The lowest BCUT2D eigenvalue weighted by molar-refractivity contribution is -0.136. The molecule has 2 aromatic rings. The van der Waals surface area contributed by atoms with Gasteiger partial charge in [-0.3, -0.25) is 9.59 Å². The van der Waals surface area contributed by atoms with Crippen molar-refractivity contribution in [2.45, 2.75) is 38.9 Å². The van der Waals surface area contributed by atoms with Gasteiger partial charge in [0.25, 0.3) is 0 Å². The summed E-state index contributed by atoms with van der Waals surface area (Å²) in [6, 6.07) is 17.6. The van der Waals surface area contributed by atoms with Gasteiger partial charge in [0.1, 0.15) is 0 Å². The number of rotatable bonds is 5. The van der Waals surface area contributed by atoms with Crippen LogP contribution >= 0.6 is 0 Å². The van der Waals surface area contributed by atoms with Gasteiger partial charge in [0.05, 0.1) is 18.6 Å². The highest BCUT2D eigenvalue weighted by Gasteiger charge is 2.31. The predicted octanol–water partition coefficient (Wildman–Crippen LogP) is 2.41. The third-order valence-electron chi connectivity index (χ3n) is 5.19. The first-order chi connectivity index (χ1) is 13.0. The number of hydrogen-bond donors (Lipinski definition) is 2. The summed E-state index contributed by atoms with van der Waals surface area (Å²) in [6.45, 7) is 4.28. The van der Waals surface area contributed by atoms with E-state index in [9.17, 15) is 9.59 Å². The molecular formula is C22H27N3O2. The molecule has 5 heteroatoms.